The molecule has 0 saturated carbocycles. The maximum absolute atomic E-state index is 13.3. The van der Waals surface area contributed by atoms with Crippen molar-refractivity contribution in [2.75, 3.05) is 7.11 Å². The Labute approximate surface area is 145 Å². The number of benzene rings is 2. The molecule has 25 heavy (non-hydrogen) atoms. The van der Waals surface area contributed by atoms with Gasteiger partial charge in [0.25, 0.3) is 0 Å². The third-order valence-electron chi connectivity index (χ3n) is 3.87. The van der Waals surface area contributed by atoms with Crippen molar-refractivity contribution in [1.82, 2.24) is 5.32 Å². The first-order valence-electron chi connectivity index (χ1n) is 7.82. The number of carbonyl (C=O) groups excluding carboxylic acids is 1. The normalized spacial score (nSPS) is 11.6. The van der Waals surface area contributed by atoms with Gasteiger partial charge in [0, 0.05) is 6.42 Å². The molecule has 0 spiro atoms. The Morgan fingerprint density at radius 1 is 1.20 bits per heavy atom. The Morgan fingerprint density at radius 2 is 1.88 bits per heavy atom. The van der Waals surface area contributed by atoms with Crippen LogP contribution in [0.3, 0.4) is 0 Å². The molecule has 1 amide bonds. The van der Waals surface area contributed by atoms with Gasteiger partial charge in [-0.1, -0.05) is 24.3 Å². The van der Waals surface area contributed by atoms with E-state index in [1.165, 1.54) is 18.2 Å². The molecule has 0 aliphatic heterocycles. The summed E-state index contributed by atoms with van der Waals surface area (Å²) in [6, 6.07) is 10.1. The molecular weight excluding hydrogens is 325 g/mol. The monoisotopic (exact) mass is 345 g/mol. The molecule has 2 aromatic rings. The molecule has 5 nitrogen and oxygen atoms in total. The fourth-order valence-corrected chi connectivity index (χ4v) is 2.42. The number of amides is 1. The number of nitrogens with one attached hydrogen (secondary N) is 1. The number of aryl methyl sites for hydroxylation is 2. The number of carboxylic acid groups (broad SMARTS) is 1. The quantitative estimate of drug-likeness (QED) is 0.809. The van der Waals surface area contributed by atoms with E-state index in [0.29, 0.717) is 17.5 Å². The highest BCUT2D eigenvalue weighted by Gasteiger charge is 2.22. The minimum atomic E-state index is -1.21. The molecule has 0 aliphatic carbocycles. The first kappa shape index (κ1) is 18.4. The van der Waals surface area contributed by atoms with Gasteiger partial charge in [-0.05, 0) is 48.2 Å². The molecule has 1 unspecified atom stereocenters. The van der Waals surface area contributed by atoms with Gasteiger partial charge < -0.3 is 15.2 Å². The highest BCUT2D eigenvalue weighted by molar-refractivity contribution is 5.84. The molecule has 2 rings (SSSR count). The molecule has 2 N–H and O–H groups in total. The Morgan fingerprint density at radius 3 is 2.44 bits per heavy atom. The van der Waals surface area contributed by atoms with E-state index in [-0.39, 0.29) is 12.3 Å². The van der Waals surface area contributed by atoms with Gasteiger partial charge >= 0.3 is 5.97 Å². The van der Waals surface area contributed by atoms with Crippen LogP contribution in [0.25, 0.3) is 0 Å². The van der Waals surface area contributed by atoms with Crippen LogP contribution in [0.15, 0.2) is 42.5 Å². The Kier molecular flexibility index (Phi) is 6.11. The van der Waals surface area contributed by atoms with Crippen LogP contribution >= 0.6 is 0 Å². The van der Waals surface area contributed by atoms with Gasteiger partial charge in [-0.2, -0.15) is 0 Å². The molecule has 2 aromatic carbocycles. The number of hydrogen-bond donors (Lipinski definition) is 2. The van der Waals surface area contributed by atoms with Crippen molar-refractivity contribution in [3.05, 3.63) is 65.0 Å². The summed E-state index contributed by atoms with van der Waals surface area (Å²) in [5.74, 6) is -1.27. The number of carboxylic acids is 1. The minimum Gasteiger partial charge on any atom is -0.497 e. The van der Waals surface area contributed by atoms with Crippen LogP contribution in [0, 0.1) is 12.7 Å². The van der Waals surface area contributed by atoms with E-state index in [4.69, 9.17) is 4.74 Å². The second-order valence-electron chi connectivity index (χ2n) is 5.70. The van der Waals surface area contributed by atoms with Crippen LogP contribution in [-0.4, -0.2) is 24.1 Å². The summed E-state index contributed by atoms with van der Waals surface area (Å²) in [6.45, 7) is 1.54. The second-order valence-corrected chi connectivity index (χ2v) is 5.70. The van der Waals surface area contributed by atoms with Crippen LogP contribution in [0.5, 0.6) is 5.75 Å². The summed E-state index contributed by atoms with van der Waals surface area (Å²) in [5.41, 5.74) is 1.61. The fourth-order valence-electron chi connectivity index (χ4n) is 2.42. The fraction of sp³-hybridized carbons (Fsp3) is 0.263. The lowest BCUT2D eigenvalue weighted by atomic mass is 10.0. The highest BCUT2D eigenvalue weighted by atomic mass is 19.1. The van der Waals surface area contributed by atoms with Gasteiger partial charge in [0.05, 0.1) is 7.11 Å². The van der Waals surface area contributed by atoms with Crippen molar-refractivity contribution in [3.63, 3.8) is 0 Å². The smallest absolute Gasteiger partial charge is 0.330 e. The zero-order valence-corrected chi connectivity index (χ0v) is 14.1. The van der Waals surface area contributed by atoms with Crippen molar-refractivity contribution in [2.45, 2.75) is 25.8 Å². The van der Waals surface area contributed by atoms with E-state index in [9.17, 15) is 19.1 Å². The van der Waals surface area contributed by atoms with Crippen molar-refractivity contribution in [2.24, 2.45) is 0 Å². The van der Waals surface area contributed by atoms with E-state index in [1.54, 1.807) is 26.2 Å². The first-order valence-corrected chi connectivity index (χ1v) is 7.82. The van der Waals surface area contributed by atoms with Gasteiger partial charge in [-0.25, -0.2) is 9.18 Å². The van der Waals surface area contributed by atoms with E-state index in [0.717, 1.165) is 11.3 Å². The molecule has 0 bridgehead atoms. The summed E-state index contributed by atoms with van der Waals surface area (Å²) >= 11 is 0. The molecule has 0 saturated heterocycles. The van der Waals surface area contributed by atoms with E-state index in [1.807, 2.05) is 12.1 Å². The van der Waals surface area contributed by atoms with Gasteiger partial charge in [0.2, 0.25) is 5.91 Å². The Balaban J connectivity index is 1.99. The van der Waals surface area contributed by atoms with Crippen molar-refractivity contribution >= 4 is 11.9 Å². The third-order valence-corrected chi connectivity index (χ3v) is 3.87. The van der Waals surface area contributed by atoms with E-state index in [2.05, 4.69) is 5.32 Å². The van der Waals surface area contributed by atoms with Crippen LogP contribution in [0.4, 0.5) is 4.39 Å². The molecule has 132 valence electrons. The number of ether oxygens (including phenoxy) is 1. The minimum absolute atomic E-state index is 0.149. The SMILES string of the molecule is COc1ccc(CCC(=O)NC(C(=O)O)c2ccc(F)c(C)c2)cc1. The van der Waals surface area contributed by atoms with Crippen molar-refractivity contribution in [1.29, 1.82) is 0 Å². The van der Waals surface area contributed by atoms with Crippen LogP contribution in [-0.2, 0) is 16.0 Å². The molecule has 0 fully saturated rings. The zero-order valence-electron chi connectivity index (χ0n) is 14.1. The Bertz CT molecular complexity index is 759. The molecule has 0 heterocycles. The van der Waals surface area contributed by atoms with Crippen LogP contribution < -0.4 is 10.1 Å². The van der Waals surface area contributed by atoms with Gasteiger partial charge in [-0.3, -0.25) is 4.79 Å². The van der Waals surface area contributed by atoms with Gasteiger partial charge in [0.15, 0.2) is 6.04 Å². The highest BCUT2D eigenvalue weighted by Crippen LogP contribution is 2.18. The summed E-state index contributed by atoms with van der Waals surface area (Å²) in [6.07, 6.45) is 0.626. The average Bonchev–Trinajstić information content (AvgIpc) is 2.60. The van der Waals surface area contributed by atoms with Crippen molar-refractivity contribution in [3.8, 4) is 5.75 Å². The molecule has 0 aliphatic rings. The lowest BCUT2D eigenvalue weighted by Crippen LogP contribution is -2.34. The predicted octanol–water partition coefficient (Wildman–Crippen LogP) is 3.02. The summed E-state index contributed by atoms with van der Waals surface area (Å²) in [4.78, 5) is 23.6. The van der Waals surface area contributed by atoms with Crippen molar-refractivity contribution < 1.29 is 23.8 Å². The van der Waals surface area contributed by atoms with Gasteiger partial charge in [-0.15, -0.1) is 0 Å². The lowest BCUT2D eigenvalue weighted by Gasteiger charge is -2.16. The van der Waals surface area contributed by atoms with Crippen LogP contribution in [0.1, 0.15) is 29.2 Å². The summed E-state index contributed by atoms with van der Waals surface area (Å²) in [7, 11) is 1.58. The van der Waals surface area contributed by atoms with E-state index < -0.39 is 17.8 Å². The lowest BCUT2D eigenvalue weighted by molar-refractivity contribution is -0.142. The molecule has 6 heteroatoms. The molecule has 1 atom stereocenters. The zero-order chi connectivity index (χ0) is 18.4. The number of aliphatic carboxylic acids is 1. The summed E-state index contributed by atoms with van der Waals surface area (Å²) < 4.78 is 18.4. The standard InChI is InChI=1S/C19H20FNO4/c1-12-11-14(6-9-16(12)20)18(19(23)24)21-17(22)10-5-13-3-7-15(25-2)8-4-13/h3-4,6-9,11,18H,5,10H2,1-2H3,(H,21,22)(H,23,24). The molecule has 0 aromatic heterocycles. The van der Waals surface area contributed by atoms with E-state index >= 15 is 0 Å². The van der Waals surface area contributed by atoms with Gasteiger partial charge in [0.1, 0.15) is 11.6 Å². The van der Waals surface area contributed by atoms with Crippen LogP contribution in [0.2, 0.25) is 0 Å². The number of carbonyl (C=O) groups is 2. The molecular formula is C19H20FNO4. The number of methoxy groups -OCH3 is 1. The first-order chi connectivity index (χ1) is 11.9. The Hall–Kier alpha value is -2.89. The predicted molar refractivity (Wildman–Crippen MR) is 91.0 cm³/mol. The molecule has 0 radical (unpaired) electrons. The largest absolute Gasteiger partial charge is 0.497 e. The second kappa shape index (κ2) is 8.28. The number of rotatable bonds is 7. The maximum atomic E-state index is 13.3. The summed E-state index contributed by atoms with van der Waals surface area (Å²) in [5, 5.41) is 11.8. The third kappa shape index (κ3) is 5.04. The topological polar surface area (TPSA) is 75.6 Å². The average molecular weight is 345 g/mol. The maximum Gasteiger partial charge on any atom is 0.330 e. The number of hydrogen-bond acceptors (Lipinski definition) is 3. The number of halogens is 1.